The summed E-state index contributed by atoms with van der Waals surface area (Å²) >= 11 is 0. The Morgan fingerprint density at radius 1 is 0.925 bits per heavy atom. The maximum absolute atomic E-state index is 14.4. The van der Waals surface area contributed by atoms with Crippen LogP contribution in [0.4, 0.5) is 0 Å². The van der Waals surface area contributed by atoms with Crippen molar-refractivity contribution in [3.05, 3.63) is 59.2 Å². The normalized spacial score (nSPS) is 18.7. The molecule has 7 nitrogen and oxygen atoms in total. The molecule has 4 rings (SSSR count). The van der Waals surface area contributed by atoms with Gasteiger partial charge in [0.2, 0.25) is 5.91 Å². The smallest absolute Gasteiger partial charge is 0.328 e. The van der Waals surface area contributed by atoms with Gasteiger partial charge in [-0.15, -0.1) is 0 Å². The van der Waals surface area contributed by atoms with Crippen LogP contribution in [0.3, 0.4) is 0 Å². The first-order valence-electron chi connectivity index (χ1n) is 14.8. The first kappa shape index (κ1) is 29.9. The molecule has 7 heteroatoms. The minimum Gasteiger partial charge on any atom is -0.493 e. The zero-order valence-electron chi connectivity index (χ0n) is 24.4. The highest BCUT2D eigenvalue weighted by molar-refractivity contribution is 5.89. The van der Waals surface area contributed by atoms with Gasteiger partial charge in [-0.1, -0.05) is 55.7 Å². The molecule has 40 heavy (non-hydrogen) atoms. The zero-order chi connectivity index (χ0) is 28.3. The van der Waals surface area contributed by atoms with Crippen LogP contribution in [0.1, 0.15) is 80.4 Å². The fourth-order valence-electron chi connectivity index (χ4n) is 6.26. The van der Waals surface area contributed by atoms with Crippen molar-refractivity contribution in [2.45, 2.75) is 83.3 Å². The number of aryl methyl sites for hydroxylation is 1. The lowest BCUT2D eigenvalue weighted by molar-refractivity contribution is -0.158. The summed E-state index contributed by atoms with van der Waals surface area (Å²) in [7, 11) is 3.26. The van der Waals surface area contributed by atoms with Gasteiger partial charge in [0.15, 0.2) is 11.5 Å². The predicted molar refractivity (Wildman–Crippen MR) is 155 cm³/mol. The number of carbonyl (C=O) groups excluding carboxylic acids is 2. The minimum atomic E-state index is -0.543. The molecule has 0 N–H and O–H groups in total. The lowest BCUT2D eigenvalue weighted by atomic mass is 9.75. The van der Waals surface area contributed by atoms with Gasteiger partial charge in [-0.25, -0.2) is 4.79 Å². The highest BCUT2D eigenvalue weighted by atomic mass is 16.5. The summed E-state index contributed by atoms with van der Waals surface area (Å²) in [5, 5.41) is 0. The molecule has 1 saturated carbocycles. The Bertz CT molecular complexity index is 1100. The summed E-state index contributed by atoms with van der Waals surface area (Å²) in [5.74, 6) is 0.967. The second-order valence-electron chi connectivity index (χ2n) is 11.1. The molecular formula is C33H45NO6. The van der Waals surface area contributed by atoms with Crippen LogP contribution in [0.15, 0.2) is 42.5 Å². The van der Waals surface area contributed by atoms with Gasteiger partial charge in [-0.3, -0.25) is 4.79 Å². The van der Waals surface area contributed by atoms with E-state index in [2.05, 4.69) is 6.07 Å². The summed E-state index contributed by atoms with van der Waals surface area (Å²) in [5.41, 5.74) is 3.00. The van der Waals surface area contributed by atoms with E-state index in [1.807, 2.05) is 48.2 Å². The van der Waals surface area contributed by atoms with E-state index in [0.29, 0.717) is 44.1 Å². The number of likely N-dealkylation sites (tertiary alicyclic amines) is 1. The van der Waals surface area contributed by atoms with Crippen LogP contribution in [0.25, 0.3) is 0 Å². The van der Waals surface area contributed by atoms with E-state index in [1.165, 1.54) is 6.42 Å². The Kier molecular flexibility index (Phi) is 11.3. The average molecular weight is 552 g/mol. The molecule has 1 heterocycles. The summed E-state index contributed by atoms with van der Waals surface area (Å²) in [6.07, 6.45) is 8.53. The van der Waals surface area contributed by atoms with Crippen LogP contribution in [0.5, 0.6) is 11.5 Å². The first-order chi connectivity index (χ1) is 19.5. The molecule has 0 unspecified atom stereocenters. The quantitative estimate of drug-likeness (QED) is 0.231. The lowest BCUT2D eigenvalue weighted by Gasteiger charge is -2.39. The number of esters is 1. The van der Waals surface area contributed by atoms with Crippen LogP contribution in [0.2, 0.25) is 0 Å². The Hall–Kier alpha value is -3.06. The molecule has 1 aliphatic carbocycles. The Morgan fingerprint density at radius 3 is 2.40 bits per heavy atom. The SMILES string of the molecule is COc1cc([C@@H](C(=O)N2CCCC[C@H]2C(=O)OCCCOCc2ccccc2)C2CCCCC2)cc(C)c1OC. The summed E-state index contributed by atoms with van der Waals surface area (Å²) in [6, 6.07) is 13.5. The van der Waals surface area contributed by atoms with Crippen molar-refractivity contribution in [1.29, 1.82) is 0 Å². The Labute approximate surface area is 239 Å². The molecular weight excluding hydrogens is 506 g/mol. The lowest BCUT2D eigenvalue weighted by Crippen LogP contribution is -2.51. The second-order valence-corrected chi connectivity index (χ2v) is 11.1. The summed E-state index contributed by atoms with van der Waals surface area (Å²) in [4.78, 5) is 29.4. The first-order valence-corrected chi connectivity index (χ1v) is 14.8. The molecule has 1 saturated heterocycles. The van der Waals surface area contributed by atoms with Crippen LogP contribution < -0.4 is 9.47 Å². The fraction of sp³-hybridized carbons (Fsp3) is 0.576. The van der Waals surface area contributed by atoms with Crippen molar-refractivity contribution in [1.82, 2.24) is 4.90 Å². The van der Waals surface area contributed by atoms with E-state index in [4.69, 9.17) is 18.9 Å². The van der Waals surface area contributed by atoms with Crippen molar-refractivity contribution in [2.75, 3.05) is 34.0 Å². The molecule has 2 aliphatic rings. The van der Waals surface area contributed by atoms with Crippen molar-refractivity contribution in [3.63, 3.8) is 0 Å². The number of methoxy groups -OCH3 is 2. The molecule has 2 atom stereocenters. The standard InChI is InChI=1S/C33H45NO6/c1-24-21-27(22-29(37-2)31(24)38-3)30(26-15-8-5-9-16-26)32(35)34-18-11-10-17-28(34)33(36)40-20-12-19-39-23-25-13-6-4-7-14-25/h4,6-7,13-14,21-22,26,28,30H,5,8-12,15-20,23H2,1-3H3/t28-,30-/m0/s1. The van der Waals surface area contributed by atoms with Crippen LogP contribution >= 0.6 is 0 Å². The van der Waals surface area contributed by atoms with E-state index < -0.39 is 6.04 Å². The van der Waals surface area contributed by atoms with Gasteiger partial charge in [0.25, 0.3) is 0 Å². The molecule has 0 radical (unpaired) electrons. The molecule has 2 aromatic carbocycles. The molecule has 0 aromatic heterocycles. The molecule has 0 spiro atoms. The van der Waals surface area contributed by atoms with Crippen molar-refractivity contribution in [3.8, 4) is 11.5 Å². The van der Waals surface area contributed by atoms with Gasteiger partial charge in [0.05, 0.1) is 40.0 Å². The Morgan fingerprint density at radius 2 is 1.68 bits per heavy atom. The average Bonchev–Trinajstić information content (AvgIpc) is 2.99. The highest BCUT2D eigenvalue weighted by Gasteiger charge is 2.40. The summed E-state index contributed by atoms with van der Waals surface area (Å²) < 4.78 is 22.6. The second kappa shape index (κ2) is 15.1. The number of hydrogen-bond donors (Lipinski definition) is 0. The van der Waals surface area contributed by atoms with Gasteiger partial charge in [-0.05, 0) is 67.7 Å². The Balaban J connectivity index is 1.43. The number of rotatable bonds is 12. The molecule has 1 aliphatic heterocycles. The van der Waals surface area contributed by atoms with Crippen LogP contribution in [0, 0.1) is 12.8 Å². The van der Waals surface area contributed by atoms with E-state index in [9.17, 15) is 9.59 Å². The molecule has 1 amide bonds. The van der Waals surface area contributed by atoms with Gasteiger partial charge < -0.3 is 23.8 Å². The van der Waals surface area contributed by atoms with Gasteiger partial charge in [0.1, 0.15) is 6.04 Å². The van der Waals surface area contributed by atoms with E-state index in [0.717, 1.165) is 55.2 Å². The topological polar surface area (TPSA) is 74.3 Å². The monoisotopic (exact) mass is 551 g/mol. The number of ether oxygens (including phenoxy) is 4. The van der Waals surface area contributed by atoms with Gasteiger partial charge in [-0.2, -0.15) is 0 Å². The van der Waals surface area contributed by atoms with Crippen molar-refractivity contribution in [2.24, 2.45) is 5.92 Å². The number of carbonyl (C=O) groups is 2. The van der Waals surface area contributed by atoms with E-state index in [-0.39, 0.29) is 30.3 Å². The molecule has 0 bridgehead atoms. The van der Waals surface area contributed by atoms with E-state index >= 15 is 0 Å². The van der Waals surface area contributed by atoms with Crippen molar-refractivity contribution < 1.29 is 28.5 Å². The number of benzene rings is 2. The number of nitrogens with zero attached hydrogens (tertiary/aromatic N) is 1. The fourth-order valence-corrected chi connectivity index (χ4v) is 6.26. The zero-order valence-corrected chi connectivity index (χ0v) is 24.4. The minimum absolute atomic E-state index is 0.0337. The predicted octanol–water partition coefficient (Wildman–Crippen LogP) is 6.21. The third-order valence-electron chi connectivity index (χ3n) is 8.28. The number of hydrogen-bond acceptors (Lipinski definition) is 6. The molecule has 218 valence electrons. The largest absolute Gasteiger partial charge is 0.493 e. The number of amides is 1. The molecule has 2 aromatic rings. The number of piperidine rings is 1. The maximum Gasteiger partial charge on any atom is 0.328 e. The highest BCUT2D eigenvalue weighted by Crippen LogP contribution is 2.42. The van der Waals surface area contributed by atoms with Crippen LogP contribution in [-0.2, 0) is 25.7 Å². The van der Waals surface area contributed by atoms with Gasteiger partial charge >= 0.3 is 5.97 Å². The maximum atomic E-state index is 14.4. The van der Waals surface area contributed by atoms with E-state index in [1.54, 1.807) is 14.2 Å². The molecule has 2 fully saturated rings. The third kappa shape index (κ3) is 7.57. The van der Waals surface area contributed by atoms with Crippen molar-refractivity contribution >= 4 is 11.9 Å². The third-order valence-corrected chi connectivity index (χ3v) is 8.28. The van der Waals surface area contributed by atoms with Gasteiger partial charge in [0, 0.05) is 13.0 Å². The summed E-state index contributed by atoms with van der Waals surface area (Å²) in [6.45, 7) is 3.90. The van der Waals surface area contributed by atoms with Crippen LogP contribution in [-0.4, -0.2) is 56.8 Å².